The molecule has 0 fully saturated rings. The molecule has 4 rings (SSSR count). The van der Waals surface area contributed by atoms with Crippen molar-refractivity contribution in [1.29, 1.82) is 0 Å². The molecule has 0 atom stereocenters. The number of hydrogen-bond donors (Lipinski definition) is 2. The molecule has 1 aliphatic heterocycles. The molecule has 6 nitrogen and oxygen atoms in total. The molecule has 2 N–H and O–H groups in total. The molecule has 0 saturated heterocycles. The number of amides is 3. The molecular weight excluding hydrogens is 400 g/mol. The Kier molecular flexibility index (Phi) is 6.52. The van der Waals surface area contributed by atoms with E-state index in [1.165, 1.54) is 11.1 Å². The lowest BCUT2D eigenvalue weighted by atomic mass is 10.1. The highest BCUT2D eigenvalue weighted by molar-refractivity contribution is 6.08. The van der Waals surface area contributed by atoms with E-state index in [9.17, 15) is 9.59 Å². The monoisotopic (exact) mass is 428 g/mol. The van der Waals surface area contributed by atoms with Crippen molar-refractivity contribution in [3.63, 3.8) is 0 Å². The summed E-state index contributed by atoms with van der Waals surface area (Å²) in [5.74, 6) is -0.0586. The van der Waals surface area contributed by atoms with E-state index in [4.69, 9.17) is 0 Å². The molecule has 1 aliphatic rings. The van der Waals surface area contributed by atoms with Crippen molar-refractivity contribution in [1.82, 2.24) is 10.2 Å². The minimum Gasteiger partial charge on any atom is -0.334 e. The highest BCUT2D eigenvalue weighted by Crippen LogP contribution is 2.29. The van der Waals surface area contributed by atoms with Crippen molar-refractivity contribution in [3.05, 3.63) is 95.1 Å². The number of carbonyl (C=O) groups excluding carboxylic acids is 2. The number of hydrogen-bond acceptors (Lipinski definition) is 3. The maximum absolute atomic E-state index is 13.1. The smallest absolute Gasteiger partial charge is 0.319 e. The highest BCUT2D eigenvalue weighted by Gasteiger charge is 2.25. The summed E-state index contributed by atoms with van der Waals surface area (Å²) in [4.78, 5) is 29.4. The van der Waals surface area contributed by atoms with E-state index in [-0.39, 0.29) is 11.9 Å². The van der Waals surface area contributed by atoms with Gasteiger partial charge >= 0.3 is 6.03 Å². The quantitative estimate of drug-likeness (QED) is 0.616. The number of nitrogens with one attached hydrogen (secondary N) is 2. The fourth-order valence-electron chi connectivity index (χ4n) is 4.00. The predicted octanol–water partition coefficient (Wildman–Crippen LogP) is 4.27. The van der Waals surface area contributed by atoms with E-state index in [0.29, 0.717) is 24.3 Å². The van der Waals surface area contributed by atoms with Crippen LogP contribution in [0.5, 0.6) is 0 Å². The number of rotatable bonds is 6. The first-order valence-corrected chi connectivity index (χ1v) is 10.8. The Morgan fingerprint density at radius 3 is 2.56 bits per heavy atom. The van der Waals surface area contributed by atoms with Crippen molar-refractivity contribution >= 4 is 23.3 Å². The first-order valence-electron chi connectivity index (χ1n) is 10.8. The predicted molar refractivity (Wildman–Crippen MR) is 128 cm³/mol. The number of fused-ring (bicyclic) bond motifs is 1. The minimum atomic E-state index is -0.306. The lowest BCUT2D eigenvalue weighted by Crippen LogP contribution is -2.30. The van der Waals surface area contributed by atoms with Gasteiger partial charge in [-0.25, -0.2) is 4.79 Å². The SMILES string of the molecule is CN(C)Cc1cccc(CNC(=O)Nc2cccc(C(=O)N3CCc4ccccc43)c2)c1. The molecule has 1 heterocycles. The van der Waals surface area contributed by atoms with Gasteiger partial charge in [-0.3, -0.25) is 4.79 Å². The summed E-state index contributed by atoms with van der Waals surface area (Å²) in [6, 6.07) is 22.9. The molecule has 0 spiro atoms. The summed E-state index contributed by atoms with van der Waals surface area (Å²) < 4.78 is 0. The molecule has 0 aromatic heterocycles. The molecule has 0 unspecified atom stereocenters. The van der Waals surface area contributed by atoms with Crippen LogP contribution < -0.4 is 15.5 Å². The van der Waals surface area contributed by atoms with Crippen molar-refractivity contribution < 1.29 is 9.59 Å². The topological polar surface area (TPSA) is 64.7 Å². The van der Waals surface area contributed by atoms with Gasteiger partial charge in [0.15, 0.2) is 0 Å². The van der Waals surface area contributed by atoms with Crippen molar-refractivity contribution in [2.75, 3.05) is 30.9 Å². The second-order valence-corrected chi connectivity index (χ2v) is 8.28. The van der Waals surface area contributed by atoms with Gasteiger partial charge in [-0.1, -0.05) is 48.5 Å². The second kappa shape index (κ2) is 9.66. The Labute approximate surface area is 188 Å². The number of nitrogens with zero attached hydrogens (tertiary/aromatic N) is 2. The number of benzene rings is 3. The van der Waals surface area contributed by atoms with Crippen molar-refractivity contribution in [3.8, 4) is 0 Å². The van der Waals surface area contributed by atoms with Crippen LogP contribution >= 0.6 is 0 Å². The van der Waals surface area contributed by atoms with Gasteiger partial charge < -0.3 is 20.4 Å². The number of carbonyl (C=O) groups is 2. The van der Waals surface area contributed by atoms with Gasteiger partial charge in [0.25, 0.3) is 5.91 Å². The average Bonchev–Trinajstić information content (AvgIpc) is 3.21. The average molecular weight is 429 g/mol. The molecule has 0 aliphatic carbocycles. The molecule has 0 saturated carbocycles. The second-order valence-electron chi connectivity index (χ2n) is 8.28. The third-order valence-electron chi connectivity index (χ3n) is 5.44. The minimum absolute atomic E-state index is 0.0586. The van der Waals surface area contributed by atoms with E-state index in [0.717, 1.165) is 24.2 Å². The van der Waals surface area contributed by atoms with Crippen LogP contribution in [-0.4, -0.2) is 37.5 Å². The summed E-state index contributed by atoms with van der Waals surface area (Å²) >= 11 is 0. The van der Waals surface area contributed by atoms with Gasteiger partial charge in [0.2, 0.25) is 0 Å². The van der Waals surface area contributed by atoms with Gasteiger partial charge in [0, 0.05) is 36.6 Å². The molecule has 3 aromatic rings. The number of urea groups is 1. The summed E-state index contributed by atoms with van der Waals surface area (Å²) in [6.45, 7) is 1.95. The Balaban J connectivity index is 1.37. The third-order valence-corrected chi connectivity index (χ3v) is 5.44. The van der Waals surface area contributed by atoms with Gasteiger partial charge in [-0.2, -0.15) is 0 Å². The molecule has 3 amide bonds. The zero-order valence-corrected chi connectivity index (χ0v) is 18.5. The Morgan fingerprint density at radius 2 is 1.72 bits per heavy atom. The van der Waals surface area contributed by atoms with Crippen LogP contribution in [0.4, 0.5) is 16.2 Å². The summed E-state index contributed by atoms with van der Waals surface area (Å²) in [7, 11) is 4.05. The van der Waals surface area contributed by atoms with Crippen LogP contribution in [0, 0.1) is 0 Å². The van der Waals surface area contributed by atoms with Crippen molar-refractivity contribution in [2.45, 2.75) is 19.5 Å². The Bertz CT molecular complexity index is 1130. The summed E-state index contributed by atoms with van der Waals surface area (Å²) in [5.41, 5.74) is 5.52. The van der Waals surface area contributed by atoms with Gasteiger partial charge in [0.1, 0.15) is 0 Å². The van der Waals surface area contributed by atoms with Gasteiger partial charge in [-0.15, -0.1) is 0 Å². The van der Waals surface area contributed by atoms with Gasteiger partial charge in [0.05, 0.1) is 0 Å². The Morgan fingerprint density at radius 1 is 0.938 bits per heavy atom. The standard InChI is InChI=1S/C26H28N4O2/c1-29(2)18-20-8-5-7-19(15-20)17-27-26(32)28-23-11-6-10-22(16-23)25(31)30-14-13-21-9-3-4-12-24(21)30/h3-12,15-16H,13-14,17-18H2,1-2H3,(H2,27,28,32). The van der Waals surface area contributed by atoms with E-state index in [1.54, 1.807) is 29.2 Å². The maximum Gasteiger partial charge on any atom is 0.319 e. The van der Waals surface area contributed by atoms with Crippen LogP contribution in [0.2, 0.25) is 0 Å². The van der Waals surface area contributed by atoms with Crippen LogP contribution in [0.15, 0.2) is 72.8 Å². The highest BCUT2D eigenvalue weighted by atomic mass is 16.2. The maximum atomic E-state index is 13.1. The van der Waals surface area contributed by atoms with Crippen LogP contribution in [0.1, 0.15) is 27.0 Å². The summed E-state index contributed by atoms with van der Waals surface area (Å²) in [5, 5.41) is 5.72. The van der Waals surface area contributed by atoms with E-state index in [1.807, 2.05) is 44.4 Å². The first-order chi connectivity index (χ1) is 15.5. The number of para-hydroxylation sites is 1. The lowest BCUT2D eigenvalue weighted by molar-refractivity contribution is 0.0989. The summed E-state index contributed by atoms with van der Waals surface area (Å²) in [6.07, 6.45) is 0.859. The molecule has 0 bridgehead atoms. The van der Waals surface area contributed by atoms with Crippen LogP contribution in [0.25, 0.3) is 0 Å². The first kappa shape index (κ1) is 21.6. The molecule has 0 radical (unpaired) electrons. The molecule has 3 aromatic carbocycles. The third kappa shape index (κ3) is 5.15. The van der Waals surface area contributed by atoms with Crippen LogP contribution in [0.3, 0.4) is 0 Å². The number of anilines is 2. The van der Waals surface area contributed by atoms with E-state index in [2.05, 4.69) is 33.7 Å². The molecule has 6 heteroatoms. The van der Waals surface area contributed by atoms with Crippen molar-refractivity contribution in [2.24, 2.45) is 0 Å². The van der Waals surface area contributed by atoms with Crippen LogP contribution in [-0.2, 0) is 19.5 Å². The zero-order chi connectivity index (χ0) is 22.5. The molecule has 32 heavy (non-hydrogen) atoms. The van der Waals surface area contributed by atoms with Gasteiger partial charge in [-0.05, 0) is 61.5 Å². The van der Waals surface area contributed by atoms with E-state index >= 15 is 0 Å². The fraction of sp³-hybridized carbons (Fsp3) is 0.231. The Hall–Kier alpha value is -3.64. The fourth-order valence-corrected chi connectivity index (χ4v) is 4.00. The van der Waals surface area contributed by atoms with E-state index < -0.39 is 0 Å². The zero-order valence-electron chi connectivity index (χ0n) is 18.5. The lowest BCUT2D eigenvalue weighted by Gasteiger charge is -2.18. The normalized spacial score (nSPS) is 12.5. The molecular formula is C26H28N4O2. The molecule has 164 valence electrons. The largest absolute Gasteiger partial charge is 0.334 e.